The molecule has 0 radical (unpaired) electrons. The number of likely N-dealkylation sites (tertiary alicyclic amines) is 1. The minimum Gasteiger partial charge on any atom is -0.354 e. The highest BCUT2D eigenvalue weighted by Crippen LogP contribution is 2.47. The maximum atomic E-state index is 5.48. The van der Waals surface area contributed by atoms with Gasteiger partial charge < -0.3 is 9.97 Å². The highest BCUT2D eigenvalue weighted by Gasteiger charge is 2.27. The van der Waals surface area contributed by atoms with Crippen molar-refractivity contribution in [2.45, 2.75) is 18.9 Å². The third-order valence-corrected chi connectivity index (χ3v) is 14.4. The fourth-order valence-electron chi connectivity index (χ4n) is 9.38. The van der Waals surface area contributed by atoms with Crippen LogP contribution < -0.4 is 0 Å². The molecular weight excluding hydrogens is 1020 g/mol. The van der Waals surface area contributed by atoms with Gasteiger partial charge in [0, 0.05) is 68.3 Å². The number of nitrogens with zero attached hydrogens (tertiary/aromatic N) is 2. The lowest BCUT2D eigenvalue weighted by Crippen LogP contribution is -2.29. The van der Waals surface area contributed by atoms with E-state index in [2.05, 4.69) is 242 Å². The summed E-state index contributed by atoms with van der Waals surface area (Å²) in [5.74, 6) is 0. The Morgan fingerprint density at radius 3 is 1.13 bits per heavy atom. The van der Waals surface area contributed by atoms with Crippen molar-refractivity contribution >= 4 is 109 Å². The standard InChI is InChI=1S/C54H38Br4N4/c55-36-11-3-32(4-12-36)51-43-31-44(42-22-20-40(19-21-41(42)43)62-29-1-2-30-62)52(33-5-13-37(56)14-6-33)46-24-26-48(60-46)54(35-9-17-39(58)18-10-35)50-28-27-49(61-50)53(47-25-23-45(51)59-47)34-7-15-38(57)16-8-34/h3-28,31,40,59-60H,1-2,29-30H2. The van der Waals surface area contributed by atoms with E-state index in [0.717, 1.165) is 109 Å². The van der Waals surface area contributed by atoms with Crippen LogP contribution in [0.15, 0.2) is 170 Å². The fraction of sp³-hybridized carbons (Fsp3) is 0.0926. The summed E-state index contributed by atoms with van der Waals surface area (Å²) in [6.07, 6.45) is 16.4. The summed E-state index contributed by atoms with van der Waals surface area (Å²) in [5.41, 5.74) is 19.3. The minimum absolute atomic E-state index is 0.219. The van der Waals surface area contributed by atoms with E-state index in [1.807, 2.05) is 0 Å². The number of aromatic amines is 2. The second-order valence-electron chi connectivity index (χ2n) is 16.1. The molecule has 0 spiro atoms. The van der Waals surface area contributed by atoms with Gasteiger partial charge in [-0.15, -0.1) is 0 Å². The Bertz CT molecular complexity index is 2990. The number of hydrogen-bond acceptors (Lipinski definition) is 2. The highest BCUT2D eigenvalue weighted by atomic mass is 79.9. The lowest BCUT2D eigenvalue weighted by molar-refractivity contribution is 0.323. The Kier molecular flexibility index (Phi) is 10.6. The zero-order valence-corrected chi connectivity index (χ0v) is 39.7. The molecule has 0 saturated carbocycles. The van der Waals surface area contributed by atoms with Crippen LogP contribution in [0, 0.1) is 0 Å². The molecule has 2 aliphatic carbocycles. The Morgan fingerprint density at radius 1 is 0.419 bits per heavy atom. The van der Waals surface area contributed by atoms with Crippen molar-refractivity contribution in [2.75, 3.05) is 13.1 Å². The zero-order chi connectivity index (χ0) is 41.9. The first-order valence-corrected chi connectivity index (χ1v) is 24.0. The Balaban J connectivity index is 1.33. The first-order valence-electron chi connectivity index (χ1n) is 20.8. The monoisotopic (exact) mass is 1060 g/mol. The molecule has 0 unspecified atom stereocenters. The van der Waals surface area contributed by atoms with E-state index in [9.17, 15) is 0 Å². The van der Waals surface area contributed by atoms with Gasteiger partial charge in [-0.05, 0) is 161 Å². The topological polar surface area (TPSA) is 47.7 Å². The summed E-state index contributed by atoms with van der Waals surface area (Å²) in [4.78, 5) is 16.0. The van der Waals surface area contributed by atoms with Crippen LogP contribution in [0.2, 0.25) is 0 Å². The van der Waals surface area contributed by atoms with E-state index in [1.54, 1.807) is 0 Å². The quantitative estimate of drug-likeness (QED) is 0.180. The number of nitrogens with one attached hydrogen (secondary N) is 2. The molecule has 0 amide bonds. The van der Waals surface area contributed by atoms with Crippen LogP contribution in [0.25, 0.3) is 89.9 Å². The molecule has 2 N–H and O–H groups in total. The summed E-state index contributed by atoms with van der Waals surface area (Å²) in [6.45, 7) is 2.22. The van der Waals surface area contributed by atoms with Gasteiger partial charge in [0.15, 0.2) is 0 Å². The lowest BCUT2D eigenvalue weighted by atomic mass is 9.95. The third-order valence-electron chi connectivity index (χ3n) is 12.3. The molecule has 5 heterocycles. The summed E-state index contributed by atoms with van der Waals surface area (Å²) in [6, 6.07) is 46.1. The molecule has 4 nitrogen and oxygen atoms in total. The molecule has 3 aromatic heterocycles. The number of fused-ring (bicyclic) bond motifs is 10. The number of benzene rings is 4. The average Bonchev–Trinajstić information content (AvgIpc) is 4.15. The van der Waals surface area contributed by atoms with E-state index >= 15 is 0 Å². The van der Waals surface area contributed by atoms with E-state index in [1.165, 1.54) is 35.1 Å². The van der Waals surface area contributed by atoms with Crippen LogP contribution in [-0.2, 0) is 0 Å². The number of rotatable bonds is 5. The van der Waals surface area contributed by atoms with Gasteiger partial charge in [-0.1, -0.05) is 137 Å². The van der Waals surface area contributed by atoms with E-state index in [-0.39, 0.29) is 6.04 Å². The molecule has 62 heavy (non-hydrogen) atoms. The molecule has 4 aliphatic rings. The molecule has 302 valence electrons. The second kappa shape index (κ2) is 16.6. The molecule has 11 rings (SSSR count). The molecule has 1 fully saturated rings. The molecule has 4 aromatic carbocycles. The van der Waals surface area contributed by atoms with Crippen LogP contribution in [0.4, 0.5) is 0 Å². The first kappa shape index (κ1) is 39.7. The molecular formula is C54H38Br4N4. The Morgan fingerprint density at radius 2 is 0.758 bits per heavy atom. The molecule has 2 aliphatic heterocycles. The van der Waals surface area contributed by atoms with Crippen LogP contribution in [0.3, 0.4) is 0 Å². The third kappa shape index (κ3) is 7.39. The van der Waals surface area contributed by atoms with Gasteiger partial charge in [0.05, 0.1) is 11.4 Å². The van der Waals surface area contributed by atoms with Crippen molar-refractivity contribution in [3.63, 3.8) is 0 Å². The van der Waals surface area contributed by atoms with Gasteiger partial charge in [0.2, 0.25) is 0 Å². The minimum atomic E-state index is 0.219. The predicted octanol–water partition coefficient (Wildman–Crippen LogP) is 16.3. The van der Waals surface area contributed by atoms with Crippen molar-refractivity contribution in [3.05, 3.63) is 192 Å². The van der Waals surface area contributed by atoms with Gasteiger partial charge >= 0.3 is 0 Å². The summed E-state index contributed by atoms with van der Waals surface area (Å²) >= 11 is 14.8. The predicted molar refractivity (Wildman–Crippen MR) is 274 cm³/mol. The van der Waals surface area contributed by atoms with Gasteiger partial charge in [0.1, 0.15) is 0 Å². The van der Waals surface area contributed by atoms with E-state index in [4.69, 9.17) is 4.98 Å². The number of allylic oxidation sites excluding steroid dienone is 4. The second-order valence-corrected chi connectivity index (χ2v) is 19.7. The van der Waals surface area contributed by atoms with Gasteiger partial charge in [-0.25, -0.2) is 4.98 Å². The Labute approximate surface area is 394 Å². The SMILES string of the molecule is Brc1ccc(-c2c3cc(c(-c4ccc(Br)cc4)c4ccc([nH]4)c(-c4ccc(Br)cc4)c4nc(c(-c5ccc(Br)cc5)c5ccc2[nH]5)C=C4)C2=C3C=CC(N3CCCC3)C=C2)cc1. The largest absolute Gasteiger partial charge is 0.354 e. The molecule has 0 atom stereocenters. The highest BCUT2D eigenvalue weighted by molar-refractivity contribution is 9.11. The zero-order valence-electron chi connectivity index (χ0n) is 33.4. The number of H-pyrrole nitrogens is 2. The molecule has 8 bridgehead atoms. The number of aromatic nitrogens is 3. The van der Waals surface area contributed by atoms with Crippen molar-refractivity contribution < 1.29 is 0 Å². The summed E-state index contributed by atoms with van der Waals surface area (Å²) < 4.78 is 4.13. The maximum absolute atomic E-state index is 5.48. The van der Waals surface area contributed by atoms with Crippen molar-refractivity contribution in [2.24, 2.45) is 0 Å². The molecule has 7 aromatic rings. The lowest BCUT2D eigenvalue weighted by Gasteiger charge is -2.21. The summed E-state index contributed by atoms with van der Waals surface area (Å²) in [5, 5.41) is 0. The molecule has 8 heteroatoms. The fourth-order valence-corrected chi connectivity index (χ4v) is 10.4. The van der Waals surface area contributed by atoms with Crippen molar-refractivity contribution in [1.29, 1.82) is 0 Å². The Hall–Kier alpha value is -5.09. The first-order chi connectivity index (χ1) is 30.3. The normalized spacial score (nSPS) is 15.1. The van der Waals surface area contributed by atoms with Crippen LogP contribution in [-0.4, -0.2) is 39.0 Å². The van der Waals surface area contributed by atoms with Crippen LogP contribution >= 0.6 is 63.7 Å². The smallest absolute Gasteiger partial charge is 0.0737 e. The van der Waals surface area contributed by atoms with Gasteiger partial charge in [-0.2, -0.15) is 0 Å². The van der Waals surface area contributed by atoms with Crippen molar-refractivity contribution in [1.82, 2.24) is 19.9 Å². The van der Waals surface area contributed by atoms with E-state index in [0.29, 0.717) is 0 Å². The summed E-state index contributed by atoms with van der Waals surface area (Å²) in [7, 11) is 0. The van der Waals surface area contributed by atoms with Crippen molar-refractivity contribution in [3.8, 4) is 44.5 Å². The maximum Gasteiger partial charge on any atom is 0.0737 e. The number of hydrogen-bond donors (Lipinski definition) is 2. The van der Waals surface area contributed by atoms with Gasteiger partial charge in [-0.3, -0.25) is 4.90 Å². The average molecular weight is 1060 g/mol. The van der Waals surface area contributed by atoms with Crippen LogP contribution in [0.1, 0.15) is 35.4 Å². The van der Waals surface area contributed by atoms with Crippen LogP contribution in [0.5, 0.6) is 0 Å². The molecule has 1 saturated heterocycles. The van der Waals surface area contributed by atoms with Gasteiger partial charge in [0.25, 0.3) is 0 Å². The number of halogens is 4. The van der Waals surface area contributed by atoms with E-state index < -0.39 is 0 Å².